The molecule has 1 atom stereocenters. The molecule has 1 N–H and O–H groups in total. The number of hydrogen-bond acceptors (Lipinski definition) is 3. The number of aliphatic hydroxyl groups excluding tert-OH is 1. The van der Waals surface area contributed by atoms with Crippen LogP contribution in [0.5, 0.6) is 0 Å². The van der Waals surface area contributed by atoms with Crippen LogP contribution in [0.3, 0.4) is 0 Å². The average Bonchev–Trinajstić information content (AvgIpc) is 2.39. The van der Waals surface area contributed by atoms with Crippen molar-refractivity contribution in [3.8, 4) is 0 Å². The van der Waals surface area contributed by atoms with E-state index in [-0.39, 0.29) is 6.10 Å². The molecule has 0 aliphatic carbocycles. The fraction of sp³-hybridized carbons (Fsp3) is 0.625. The zero-order chi connectivity index (χ0) is 14.3. The first-order valence-corrected chi connectivity index (χ1v) is 7.02. The molecule has 0 fully saturated rings. The minimum absolute atomic E-state index is 0.385. The number of hydrogen-bond donors (Lipinski definition) is 1. The van der Waals surface area contributed by atoms with E-state index in [0.29, 0.717) is 6.04 Å². The predicted molar refractivity (Wildman–Crippen MR) is 79.3 cm³/mol. The minimum Gasteiger partial charge on any atom is -0.388 e. The molecule has 1 rings (SSSR count). The Morgan fingerprint density at radius 1 is 1.16 bits per heavy atom. The summed E-state index contributed by atoms with van der Waals surface area (Å²) in [4.78, 5) is 2.33. The van der Waals surface area contributed by atoms with Gasteiger partial charge < -0.3 is 9.84 Å². The first-order chi connectivity index (χ1) is 9.04. The SMILES string of the molecule is COCCN(CCC(O)c1ccc(C)cc1)C(C)C. The Morgan fingerprint density at radius 3 is 2.32 bits per heavy atom. The number of methoxy groups -OCH3 is 1. The lowest BCUT2D eigenvalue weighted by atomic mass is 10.0. The summed E-state index contributed by atoms with van der Waals surface area (Å²) < 4.78 is 5.12. The summed E-state index contributed by atoms with van der Waals surface area (Å²) in [6.45, 7) is 8.94. The highest BCUT2D eigenvalue weighted by molar-refractivity contribution is 5.22. The van der Waals surface area contributed by atoms with Gasteiger partial charge in [-0.1, -0.05) is 29.8 Å². The van der Waals surface area contributed by atoms with Crippen LogP contribution in [0.2, 0.25) is 0 Å². The normalized spacial score (nSPS) is 13.2. The lowest BCUT2D eigenvalue weighted by Gasteiger charge is -2.27. The summed E-state index contributed by atoms with van der Waals surface area (Å²) in [7, 11) is 1.72. The van der Waals surface area contributed by atoms with Gasteiger partial charge in [-0.15, -0.1) is 0 Å². The molecule has 0 radical (unpaired) electrons. The van der Waals surface area contributed by atoms with Gasteiger partial charge in [0.1, 0.15) is 0 Å². The number of benzene rings is 1. The second-order valence-corrected chi connectivity index (χ2v) is 5.34. The van der Waals surface area contributed by atoms with Gasteiger partial charge in [-0.2, -0.15) is 0 Å². The Morgan fingerprint density at radius 2 is 1.79 bits per heavy atom. The van der Waals surface area contributed by atoms with Gasteiger partial charge in [0.25, 0.3) is 0 Å². The van der Waals surface area contributed by atoms with E-state index in [9.17, 15) is 5.11 Å². The van der Waals surface area contributed by atoms with E-state index >= 15 is 0 Å². The quantitative estimate of drug-likeness (QED) is 0.784. The third-order valence-corrected chi connectivity index (χ3v) is 3.46. The maximum absolute atomic E-state index is 10.2. The maximum atomic E-state index is 10.2. The van der Waals surface area contributed by atoms with E-state index in [4.69, 9.17) is 4.74 Å². The van der Waals surface area contributed by atoms with Crippen LogP contribution in [-0.2, 0) is 4.74 Å². The molecular formula is C16H27NO2. The molecule has 0 aromatic heterocycles. The summed E-state index contributed by atoms with van der Waals surface area (Å²) in [5.41, 5.74) is 2.22. The molecule has 0 spiro atoms. The molecule has 1 aromatic carbocycles. The highest BCUT2D eigenvalue weighted by Gasteiger charge is 2.13. The Labute approximate surface area is 117 Å². The molecule has 0 aliphatic heterocycles. The molecular weight excluding hydrogens is 238 g/mol. The summed E-state index contributed by atoms with van der Waals surface area (Å²) in [5, 5.41) is 10.2. The Hall–Kier alpha value is -0.900. The maximum Gasteiger partial charge on any atom is 0.0802 e. The molecule has 1 unspecified atom stereocenters. The summed E-state index contributed by atoms with van der Waals surface area (Å²) in [6.07, 6.45) is 0.370. The Bertz CT molecular complexity index is 348. The summed E-state index contributed by atoms with van der Waals surface area (Å²) >= 11 is 0. The number of aliphatic hydroxyl groups is 1. The third-order valence-electron chi connectivity index (χ3n) is 3.46. The number of rotatable bonds is 8. The largest absolute Gasteiger partial charge is 0.388 e. The molecule has 1 aromatic rings. The van der Waals surface area contributed by atoms with Gasteiger partial charge in [-0.05, 0) is 32.8 Å². The molecule has 0 amide bonds. The fourth-order valence-electron chi connectivity index (χ4n) is 2.08. The average molecular weight is 265 g/mol. The molecule has 108 valence electrons. The molecule has 3 heteroatoms. The highest BCUT2D eigenvalue weighted by Crippen LogP contribution is 2.18. The second-order valence-electron chi connectivity index (χ2n) is 5.34. The Kier molecular flexibility index (Phi) is 7.06. The van der Waals surface area contributed by atoms with E-state index in [0.717, 1.165) is 31.7 Å². The highest BCUT2D eigenvalue weighted by atomic mass is 16.5. The molecule has 19 heavy (non-hydrogen) atoms. The van der Waals surface area contributed by atoms with Crippen molar-refractivity contribution in [3.05, 3.63) is 35.4 Å². The molecule has 0 saturated heterocycles. The number of aryl methyl sites for hydroxylation is 1. The van der Waals surface area contributed by atoms with Crippen molar-refractivity contribution in [1.82, 2.24) is 4.90 Å². The molecule has 0 saturated carbocycles. The first-order valence-electron chi connectivity index (χ1n) is 7.02. The van der Waals surface area contributed by atoms with Crippen LogP contribution in [0.25, 0.3) is 0 Å². The van der Waals surface area contributed by atoms with Crippen LogP contribution in [0.4, 0.5) is 0 Å². The summed E-state index contributed by atoms with van der Waals surface area (Å²) in [5.74, 6) is 0. The monoisotopic (exact) mass is 265 g/mol. The number of nitrogens with zero attached hydrogens (tertiary/aromatic N) is 1. The van der Waals surface area contributed by atoms with Crippen LogP contribution < -0.4 is 0 Å². The van der Waals surface area contributed by atoms with Crippen molar-refractivity contribution in [2.75, 3.05) is 26.8 Å². The third kappa shape index (κ3) is 5.72. The smallest absolute Gasteiger partial charge is 0.0802 e. The lowest BCUT2D eigenvalue weighted by Crippen LogP contribution is -2.35. The lowest BCUT2D eigenvalue weighted by molar-refractivity contribution is 0.102. The second kappa shape index (κ2) is 8.31. The van der Waals surface area contributed by atoms with Gasteiger partial charge in [0.15, 0.2) is 0 Å². The van der Waals surface area contributed by atoms with Crippen LogP contribution in [0, 0.1) is 6.92 Å². The summed E-state index contributed by atoms with van der Waals surface area (Å²) in [6, 6.07) is 8.58. The standard InChI is InChI=1S/C16H27NO2/c1-13(2)17(11-12-19-4)10-9-16(18)15-7-5-14(3)6-8-15/h5-8,13,16,18H,9-12H2,1-4H3. The van der Waals surface area contributed by atoms with E-state index in [1.807, 2.05) is 24.3 Å². The molecule has 0 heterocycles. The minimum atomic E-state index is -0.385. The van der Waals surface area contributed by atoms with Gasteiger partial charge in [0.05, 0.1) is 12.7 Å². The van der Waals surface area contributed by atoms with Gasteiger partial charge >= 0.3 is 0 Å². The van der Waals surface area contributed by atoms with E-state index in [2.05, 4.69) is 25.7 Å². The van der Waals surface area contributed by atoms with Crippen LogP contribution in [-0.4, -0.2) is 42.9 Å². The zero-order valence-electron chi connectivity index (χ0n) is 12.6. The van der Waals surface area contributed by atoms with Gasteiger partial charge in [0.2, 0.25) is 0 Å². The van der Waals surface area contributed by atoms with Crippen molar-refractivity contribution in [1.29, 1.82) is 0 Å². The van der Waals surface area contributed by atoms with E-state index in [1.165, 1.54) is 5.56 Å². The van der Waals surface area contributed by atoms with Crippen molar-refractivity contribution < 1.29 is 9.84 Å². The van der Waals surface area contributed by atoms with Gasteiger partial charge in [0, 0.05) is 26.2 Å². The zero-order valence-corrected chi connectivity index (χ0v) is 12.6. The van der Waals surface area contributed by atoms with Crippen molar-refractivity contribution in [3.63, 3.8) is 0 Å². The van der Waals surface area contributed by atoms with Crippen LogP contribution in [0.15, 0.2) is 24.3 Å². The van der Waals surface area contributed by atoms with Gasteiger partial charge in [-0.25, -0.2) is 0 Å². The predicted octanol–water partition coefficient (Wildman–Crippen LogP) is 2.78. The van der Waals surface area contributed by atoms with Crippen LogP contribution in [0.1, 0.15) is 37.5 Å². The van der Waals surface area contributed by atoms with Gasteiger partial charge in [-0.3, -0.25) is 4.90 Å². The first kappa shape index (κ1) is 16.2. The van der Waals surface area contributed by atoms with Crippen molar-refractivity contribution in [2.24, 2.45) is 0 Å². The van der Waals surface area contributed by atoms with Crippen molar-refractivity contribution >= 4 is 0 Å². The molecule has 3 nitrogen and oxygen atoms in total. The molecule has 0 bridgehead atoms. The van der Waals surface area contributed by atoms with Crippen molar-refractivity contribution in [2.45, 2.75) is 39.3 Å². The Balaban J connectivity index is 2.46. The number of ether oxygens (including phenoxy) is 1. The van der Waals surface area contributed by atoms with E-state index < -0.39 is 0 Å². The van der Waals surface area contributed by atoms with E-state index in [1.54, 1.807) is 7.11 Å². The topological polar surface area (TPSA) is 32.7 Å². The fourth-order valence-corrected chi connectivity index (χ4v) is 2.08. The molecule has 0 aliphatic rings. The van der Waals surface area contributed by atoms with Crippen LogP contribution >= 0.6 is 0 Å².